The molecule has 0 radical (unpaired) electrons. The predicted octanol–water partition coefficient (Wildman–Crippen LogP) is 10.8. The topological polar surface area (TPSA) is 38.1 Å². The van der Waals surface area contributed by atoms with Crippen LogP contribution in [0.15, 0.2) is 77.2 Å². The molecule has 0 amide bonds. The molecule has 6 aromatic rings. The average molecular weight is 715 g/mol. The van der Waals surface area contributed by atoms with Crippen molar-refractivity contribution in [3.63, 3.8) is 0 Å². The smallest absolute Gasteiger partial charge is 0.297 e. The Bertz CT molecular complexity index is 2510. The maximum absolute atomic E-state index is 7.14. The van der Waals surface area contributed by atoms with Crippen LogP contribution in [0.4, 0.5) is 34.1 Å². The lowest BCUT2D eigenvalue weighted by Crippen LogP contribution is -2.61. The highest BCUT2D eigenvalue weighted by molar-refractivity contribution is 7.00. The van der Waals surface area contributed by atoms with E-state index >= 15 is 0 Å². The van der Waals surface area contributed by atoms with Crippen molar-refractivity contribution in [2.24, 2.45) is 0 Å². The third-order valence-electron chi connectivity index (χ3n) is 11.8. The molecular formula is C48H51BN2O3. The van der Waals surface area contributed by atoms with E-state index in [2.05, 4.69) is 159 Å². The SMILES string of the molecule is Cc1cc2c3c(c1)N(c1c(C)cc(C(C)(C)C)cc1C)c1c(oc4ccccc14)B3c1cc(C(C)(C)C)ccc1N2c1c(C)cc2c(c1C)OCCCO2. The van der Waals surface area contributed by atoms with Crippen LogP contribution >= 0.6 is 0 Å². The van der Waals surface area contributed by atoms with Crippen LogP contribution in [0.2, 0.25) is 0 Å². The number of hydrogen-bond acceptors (Lipinski definition) is 5. The molecule has 6 heteroatoms. The first-order valence-electron chi connectivity index (χ1n) is 19.6. The normalized spacial score (nSPS) is 14.9. The summed E-state index contributed by atoms with van der Waals surface area (Å²) < 4.78 is 19.8. The Labute approximate surface area is 321 Å². The number of fused-ring (bicyclic) bond motifs is 7. The second kappa shape index (κ2) is 12.0. The number of benzene rings is 5. The monoisotopic (exact) mass is 714 g/mol. The Morgan fingerprint density at radius 2 is 1.26 bits per heavy atom. The molecule has 9 rings (SSSR count). The first-order chi connectivity index (χ1) is 25.6. The van der Waals surface area contributed by atoms with Crippen molar-refractivity contribution in [3.05, 3.63) is 112 Å². The van der Waals surface area contributed by atoms with Crippen molar-refractivity contribution in [1.29, 1.82) is 0 Å². The Hall–Kier alpha value is -5.10. The van der Waals surface area contributed by atoms with Crippen molar-refractivity contribution in [2.45, 2.75) is 93.4 Å². The lowest BCUT2D eigenvalue weighted by atomic mass is 9.35. The number of furan rings is 1. The quantitative estimate of drug-likeness (QED) is 0.167. The molecule has 0 atom stereocenters. The molecule has 0 unspecified atom stereocenters. The van der Waals surface area contributed by atoms with Gasteiger partial charge in [-0.05, 0) is 126 Å². The molecule has 3 aliphatic heterocycles. The van der Waals surface area contributed by atoms with Gasteiger partial charge < -0.3 is 23.7 Å². The Balaban J connectivity index is 1.41. The predicted molar refractivity (Wildman–Crippen MR) is 227 cm³/mol. The molecule has 54 heavy (non-hydrogen) atoms. The van der Waals surface area contributed by atoms with Crippen LogP contribution in [0.3, 0.4) is 0 Å². The van der Waals surface area contributed by atoms with Crippen molar-refractivity contribution in [1.82, 2.24) is 0 Å². The van der Waals surface area contributed by atoms with E-state index in [0.29, 0.717) is 13.2 Å². The van der Waals surface area contributed by atoms with Crippen LogP contribution < -0.4 is 35.9 Å². The summed E-state index contributed by atoms with van der Waals surface area (Å²) in [5, 5.41) is 1.13. The molecule has 0 bridgehead atoms. The molecule has 0 N–H and O–H groups in total. The summed E-state index contributed by atoms with van der Waals surface area (Å²) in [6, 6.07) is 27.4. The number of ether oxygens (including phenoxy) is 2. The van der Waals surface area contributed by atoms with Gasteiger partial charge in [0.25, 0.3) is 6.71 Å². The van der Waals surface area contributed by atoms with E-state index in [-0.39, 0.29) is 17.5 Å². The molecule has 274 valence electrons. The summed E-state index contributed by atoms with van der Waals surface area (Å²) >= 11 is 0. The van der Waals surface area contributed by atoms with Crippen LogP contribution in [-0.2, 0) is 10.8 Å². The fraction of sp³-hybridized carbons (Fsp3) is 0.333. The zero-order valence-electron chi connectivity index (χ0n) is 33.7. The van der Waals surface area contributed by atoms with Crippen molar-refractivity contribution in [2.75, 3.05) is 23.0 Å². The summed E-state index contributed by atoms with van der Waals surface area (Å²) in [6.07, 6.45) is 0.864. The highest BCUT2D eigenvalue weighted by Crippen LogP contribution is 2.51. The molecule has 0 aliphatic carbocycles. The minimum absolute atomic E-state index is 0.0321. The van der Waals surface area contributed by atoms with Crippen molar-refractivity contribution < 1.29 is 13.9 Å². The minimum atomic E-state index is -0.113. The van der Waals surface area contributed by atoms with Gasteiger partial charge in [0.05, 0.1) is 35.9 Å². The van der Waals surface area contributed by atoms with Gasteiger partial charge in [-0.15, -0.1) is 0 Å². The number of hydrogen-bond donors (Lipinski definition) is 0. The second-order valence-corrected chi connectivity index (χ2v) is 17.9. The van der Waals surface area contributed by atoms with Gasteiger partial charge in [0.1, 0.15) is 5.58 Å². The molecule has 4 heterocycles. The number of para-hydroxylation sites is 1. The van der Waals surface area contributed by atoms with Crippen LogP contribution in [0, 0.1) is 34.6 Å². The van der Waals surface area contributed by atoms with Gasteiger partial charge in [0, 0.05) is 34.4 Å². The first kappa shape index (κ1) is 34.7. The number of nitrogens with zero attached hydrogens (tertiary/aromatic N) is 2. The molecule has 5 nitrogen and oxygen atoms in total. The highest BCUT2D eigenvalue weighted by Gasteiger charge is 2.48. The van der Waals surface area contributed by atoms with Crippen LogP contribution in [-0.4, -0.2) is 19.9 Å². The lowest BCUT2D eigenvalue weighted by Gasteiger charge is -2.44. The molecule has 0 saturated carbocycles. The molecule has 0 fully saturated rings. The number of rotatable bonds is 2. The fourth-order valence-corrected chi connectivity index (χ4v) is 9.22. The van der Waals surface area contributed by atoms with Gasteiger partial charge in [-0.1, -0.05) is 77.9 Å². The Kier molecular flexibility index (Phi) is 7.67. The largest absolute Gasteiger partial charge is 0.490 e. The van der Waals surface area contributed by atoms with Crippen LogP contribution in [0.1, 0.15) is 86.9 Å². The summed E-state index contributed by atoms with van der Waals surface area (Å²) in [6.45, 7) is 26.2. The van der Waals surface area contributed by atoms with E-state index in [1.54, 1.807) is 0 Å². The van der Waals surface area contributed by atoms with Gasteiger partial charge >= 0.3 is 0 Å². The van der Waals surface area contributed by atoms with Gasteiger partial charge in [-0.3, -0.25) is 0 Å². The van der Waals surface area contributed by atoms with E-state index < -0.39 is 0 Å². The van der Waals surface area contributed by atoms with E-state index in [9.17, 15) is 0 Å². The number of anilines is 6. The standard InChI is InChI=1S/C48H51BN2O3/c1-27-21-37-41-38(22-27)51(42-28(2)23-33(24-29(42)3)48(9,10)11)44-34-15-12-13-16-39(34)54-46(44)49(41)35-26-32(47(6,7)8)17-18-36(35)50(37)43-30(4)25-40-45(31(43)5)53-20-14-19-52-40/h12-13,15-18,21-26H,14,19-20H2,1-11H3. The summed E-state index contributed by atoms with van der Waals surface area (Å²) in [4.78, 5) is 5.04. The lowest BCUT2D eigenvalue weighted by molar-refractivity contribution is 0.296. The fourth-order valence-electron chi connectivity index (χ4n) is 9.22. The molecule has 0 saturated heterocycles. The average Bonchev–Trinajstić information content (AvgIpc) is 3.32. The van der Waals surface area contributed by atoms with Crippen LogP contribution in [0.5, 0.6) is 11.5 Å². The van der Waals surface area contributed by atoms with Crippen molar-refractivity contribution >= 4 is 68.4 Å². The zero-order chi connectivity index (χ0) is 38.0. The van der Waals surface area contributed by atoms with Gasteiger partial charge in [-0.25, -0.2) is 0 Å². The summed E-state index contributed by atoms with van der Waals surface area (Å²) in [5.74, 6) is 1.68. The molecule has 1 aromatic heterocycles. The third-order valence-corrected chi connectivity index (χ3v) is 11.8. The van der Waals surface area contributed by atoms with Crippen LogP contribution in [0.25, 0.3) is 11.0 Å². The Morgan fingerprint density at radius 3 is 1.96 bits per heavy atom. The Morgan fingerprint density at radius 1 is 0.611 bits per heavy atom. The zero-order valence-corrected chi connectivity index (χ0v) is 33.7. The van der Waals surface area contributed by atoms with Gasteiger partial charge in [0.15, 0.2) is 11.5 Å². The first-order valence-corrected chi connectivity index (χ1v) is 19.6. The maximum atomic E-state index is 7.14. The highest BCUT2D eigenvalue weighted by atomic mass is 16.5. The van der Waals surface area contributed by atoms with E-state index in [1.807, 2.05) is 0 Å². The van der Waals surface area contributed by atoms with Gasteiger partial charge in [0.2, 0.25) is 0 Å². The van der Waals surface area contributed by atoms with E-state index in [0.717, 1.165) is 57.1 Å². The second-order valence-electron chi connectivity index (χ2n) is 17.9. The van der Waals surface area contributed by atoms with E-state index in [1.165, 1.54) is 61.5 Å². The molecule has 0 spiro atoms. The molecular weight excluding hydrogens is 663 g/mol. The summed E-state index contributed by atoms with van der Waals surface area (Å²) in [7, 11) is 0. The molecule has 3 aliphatic rings. The van der Waals surface area contributed by atoms with Gasteiger partial charge in [-0.2, -0.15) is 0 Å². The summed E-state index contributed by atoms with van der Waals surface area (Å²) in [5.41, 5.74) is 20.0. The maximum Gasteiger partial charge on any atom is 0.297 e. The van der Waals surface area contributed by atoms with E-state index in [4.69, 9.17) is 13.9 Å². The number of aryl methyl sites for hydroxylation is 4. The third kappa shape index (κ3) is 5.12. The molecule has 5 aromatic carbocycles. The van der Waals surface area contributed by atoms with Crippen molar-refractivity contribution in [3.8, 4) is 11.5 Å². The minimum Gasteiger partial charge on any atom is -0.490 e.